The molecule has 0 N–H and O–H groups in total. The third-order valence-electron chi connectivity index (χ3n) is 0.955. The maximum atomic E-state index is 3.53. The Bertz CT molecular complexity index is 119. The second-order valence-corrected chi connectivity index (χ2v) is 3.13. The minimum absolute atomic E-state index is 0.995. The fourth-order valence-corrected chi connectivity index (χ4v) is 0.385. The van der Waals surface area contributed by atoms with E-state index in [-0.39, 0.29) is 0 Å². The van der Waals surface area contributed by atoms with Crippen molar-refractivity contribution in [1.29, 1.82) is 0 Å². The van der Waals surface area contributed by atoms with Crippen LogP contribution in [0.4, 0.5) is 0 Å². The summed E-state index contributed by atoms with van der Waals surface area (Å²) in [6.07, 6.45) is 1.96. The van der Waals surface area contributed by atoms with Crippen LogP contribution in [0, 0.1) is 0 Å². The van der Waals surface area contributed by atoms with Crippen molar-refractivity contribution in [2.75, 3.05) is 0 Å². The van der Waals surface area contributed by atoms with Crippen LogP contribution in [-0.4, -0.2) is 49.0 Å². The van der Waals surface area contributed by atoms with Gasteiger partial charge in [-0.05, 0) is 0 Å². The predicted octanol–water partition coefficient (Wildman–Crippen LogP) is 2.45. The van der Waals surface area contributed by atoms with Crippen molar-refractivity contribution in [3.8, 4) is 0 Å². The molecule has 0 nitrogen and oxygen atoms in total. The van der Waals surface area contributed by atoms with Crippen LogP contribution in [0.5, 0.6) is 0 Å². The molecule has 1 aromatic rings. The fraction of sp³-hybridized carbons (Fsp3) is 0.111. The summed E-state index contributed by atoms with van der Waals surface area (Å²) in [6.45, 7) is 3.53. The summed E-state index contributed by atoms with van der Waals surface area (Å²) in [4.78, 5) is 0. The molecule has 0 saturated carbocycles. The third kappa shape index (κ3) is 8.60. The molecule has 0 unspecified atom stereocenters. The molecule has 48 valence electrons. The molecular formula is C9H11K. The molecule has 0 aromatic heterocycles. The minimum atomic E-state index is 0.995. The molecule has 1 heteroatoms. The van der Waals surface area contributed by atoms with E-state index in [1.807, 2.05) is 42.5 Å². The first kappa shape index (κ1) is 10.6. The van der Waals surface area contributed by atoms with E-state index in [4.69, 9.17) is 0 Å². The summed E-state index contributed by atoms with van der Waals surface area (Å²) in [5.41, 5.74) is 0. The topological polar surface area (TPSA) is 0 Å². The van der Waals surface area contributed by atoms with Gasteiger partial charge >= 0.3 is 62.1 Å². The second kappa shape index (κ2) is 9.60. The average Bonchev–Trinajstić information content (AvgIpc) is 2.08. The molecule has 0 saturated heterocycles. The van der Waals surface area contributed by atoms with E-state index >= 15 is 0 Å². The standard InChI is InChI=1S/C6H6.C3H5.K/c1-2-4-6-5-3-1;1-3-2;/h1-6H;3H,1-2H2;. The maximum absolute atomic E-state index is 3.53. The van der Waals surface area contributed by atoms with E-state index in [2.05, 4.69) is 6.58 Å². The average molecular weight is 158 g/mol. The smallest absolute Gasteiger partial charge is 0.0623 e. The molecule has 0 heterocycles. The Morgan fingerprint density at radius 3 is 1.30 bits per heavy atom. The van der Waals surface area contributed by atoms with Crippen molar-refractivity contribution in [3.63, 3.8) is 0 Å². The second-order valence-electron chi connectivity index (χ2n) is 1.85. The fourth-order valence-electron chi connectivity index (χ4n) is 0.385. The van der Waals surface area contributed by atoms with Crippen LogP contribution in [0.15, 0.2) is 49.1 Å². The van der Waals surface area contributed by atoms with E-state index in [1.54, 1.807) is 0 Å². The van der Waals surface area contributed by atoms with Crippen molar-refractivity contribution in [2.24, 2.45) is 0 Å². The summed E-state index contributed by atoms with van der Waals surface area (Å²) in [6, 6.07) is 12.0. The van der Waals surface area contributed by atoms with Crippen molar-refractivity contribution in [3.05, 3.63) is 49.1 Å². The van der Waals surface area contributed by atoms with E-state index < -0.39 is 0 Å². The molecule has 0 aliphatic heterocycles. The van der Waals surface area contributed by atoms with Crippen LogP contribution in [0.3, 0.4) is 0 Å². The van der Waals surface area contributed by atoms with E-state index in [9.17, 15) is 0 Å². The van der Waals surface area contributed by atoms with Crippen molar-refractivity contribution < 1.29 is 0 Å². The zero-order valence-electron chi connectivity index (χ0n) is 6.46. The molecule has 0 aliphatic carbocycles. The van der Waals surface area contributed by atoms with Crippen molar-refractivity contribution >= 4 is 49.0 Å². The Morgan fingerprint density at radius 1 is 1.00 bits per heavy atom. The Labute approximate surface area is 96.9 Å². The number of benzene rings is 1. The molecule has 0 spiro atoms. The molecular weight excluding hydrogens is 147 g/mol. The van der Waals surface area contributed by atoms with Crippen molar-refractivity contribution in [1.82, 2.24) is 0 Å². The summed E-state index contributed by atoms with van der Waals surface area (Å²) in [7, 11) is 0. The molecule has 0 radical (unpaired) electrons. The molecule has 0 atom stereocenters. The third-order valence-corrected chi connectivity index (χ3v) is 1.86. The number of rotatable bonds is 1. The molecule has 0 aliphatic rings. The minimum Gasteiger partial charge on any atom is -0.0623 e. The van der Waals surface area contributed by atoms with Gasteiger partial charge in [0.15, 0.2) is 0 Å². The molecule has 10 heavy (non-hydrogen) atoms. The Hall–Kier alpha value is 0.596. The van der Waals surface area contributed by atoms with E-state index in [1.165, 1.54) is 0.515 Å². The number of hydrogen-bond donors (Lipinski definition) is 0. The Kier molecular flexibility index (Phi) is 10.2. The summed E-state index contributed by atoms with van der Waals surface area (Å²) >= 11 is 0.995. The van der Waals surface area contributed by atoms with Gasteiger partial charge in [-0.3, -0.25) is 0 Å². The molecule has 0 fully saturated rings. The van der Waals surface area contributed by atoms with Crippen LogP contribution in [0.2, 0.25) is 0.515 Å². The molecule has 0 bridgehead atoms. The number of hydrogen-bond acceptors (Lipinski definition) is 0. The predicted molar refractivity (Wildman–Crippen MR) is 47.2 cm³/mol. The Morgan fingerprint density at radius 2 is 1.20 bits per heavy atom. The summed E-state index contributed by atoms with van der Waals surface area (Å²) in [5.74, 6) is 0. The van der Waals surface area contributed by atoms with Gasteiger partial charge in [0.1, 0.15) is 0 Å². The molecule has 1 aromatic carbocycles. The largest absolute Gasteiger partial charge is 0.0623 e. The van der Waals surface area contributed by atoms with E-state index in [0.29, 0.717) is 0 Å². The van der Waals surface area contributed by atoms with Gasteiger partial charge in [0.25, 0.3) is 0 Å². The van der Waals surface area contributed by atoms with Gasteiger partial charge in [0.05, 0.1) is 0 Å². The van der Waals surface area contributed by atoms with Gasteiger partial charge in [0.2, 0.25) is 0 Å². The van der Waals surface area contributed by atoms with Gasteiger partial charge in [-0.1, -0.05) is 36.4 Å². The van der Waals surface area contributed by atoms with Gasteiger partial charge in [0, 0.05) is 0 Å². The molecule has 1 rings (SSSR count). The van der Waals surface area contributed by atoms with Crippen LogP contribution in [0.25, 0.3) is 0 Å². The normalized spacial score (nSPS) is 7.40. The van der Waals surface area contributed by atoms with Crippen molar-refractivity contribution in [2.45, 2.75) is 0.515 Å². The van der Waals surface area contributed by atoms with Gasteiger partial charge in [-0.25, -0.2) is 0 Å². The quantitative estimate of drug-likeness (QED) is 0.435. The number of allylic oxidation sites excluding steroid dienone is 1. The van der Waals surface area contributed by atoms with Gasteiger partial charge in [-0.15, -0.1) is 0 Å². The van der Waals surface area contributed by atoms with Crippen LogP contribution in [0.1, 0.15) is 0 Å². The first-order chi connectivity index (χ1) is 4.91. The maximum Gasteiger partial charge on any atom is -0.0623 e. The summed E-state index contributed by atoms with van der Waals surface area (Å²) < 4.78 is 1.27. The van der Waals surface area contributed by atoms with E-state index in [0.717, 1.165) is 49.0 Å². The first-order valence-corrected chi connectivity index (χ1v) is 5.73. The van der Waals surface area contributed by atoms with Crippen LogP contribution in [-0.2, 0) is 0 Å². The van der Waals surface area contributed by atoms with Gasteiger partial charge in [-0.2, -0.15) is 0 Å². The van der Waals surface area contributed by atoms with Crippen LogP contribution < -0.4 is 0 Å². The van der Waals surface area contributed by atoms with Crippen LogP contribution >= 0.6 is 0 Å². The molecule has 0 amide bonds. The first-order valence-electron chi connectivity index (χ1n) is 3.52. The zero-order valence-corrected chi connectivity index (χ0v) is 9.58. The Balaban J connectivity index is 0.000000180. The monoisotopic (exact) mass is 158 g/mol. The SMILES string of the molecule is C=C[CH2][K].c1ccccc1. The van der Waals surface area contributed by atoms with Gasteiger partial charge < -0.3 is 0 Å². The zero-order chi connectivity index (χ0) is 7.66. The summed E-state index contributed by atoms with van der Waals surface area (Å²) in [5, 5.41) is 0.